The second-order valence-electron chi connectivity index (χ2n) is 4.36. The van der Waals surface area contributed by atoms with Gasteiger partial charge in [-0.05, 0) is 23.6 Å². The predicted octanol–water partition coefficient (Wildman–Crippen LogP) is 4.12. The van der Waals surface area contributed by atoms with Crippen LogP contribution < -0.4 is 5.73 Å². The fourth-order valence-electron chi connectivity index (χ4n) is 1.39. The summed E-state index contributed by atoms with van der Waals surface area (Å²) < 4.78 is 0. The molecule has 0 aromatic heterocycles. The summed E-state index contributed by atoms with van der Waals surface area (Å²) in [6.07, 6.45) is 0. The van der Waals surface area contributed by atoms with Crippen molar-refractivity contribution >= 4 is 23.4 Å². The highest BCUT2D eigenvalue weighted by molar-refractivity contribution is 8.00. The van der Waals surface area contributed by atoms with Crippen molar-refractivity contribution in [3.63, 3.8) is 0 Å². The van der Waals surface area contributed by atoms with Crippen LogP contribution in [0.1, 0.15) is 31.6 Å². The van der Waals surface area contributed by atoms with Crippen LogP contribution in [0, 0.1) is 5.92 Å². The summed E-state index contributed by atoms with van der Waals surface area (Å²) in [4.78, 5) is 0. The molecule has 0 aliphatic heterocycles. The Morgan fingerprint density at radius 1 is 1.31 bits per heavy atom. The molecule has 16 heavy (non-hydrogen) atoms. The Morgan fingerprint density at radius 3 is 2.50 bits per heavy atom. The molecule has 0 bridgehead atoms. The van der Waals surface area contributed by atoms with E-state index in [-0.39, 0.29) is 0 Å². The van der Waals surface area contributed by atoms with E-state index in [2.05, 4.69) is 26.8 Å². The summed E-state index contributed by atoms with van der Waals surface area (Å²) in [5, 5.41) is 1.73. The second kappa shape index (κ2) is 6.53. The maximum atomic E-state index is 5.99. The Morgan fingerprint density at radius 2 is 2.00 bits per heavy atom. The van der Waals surface area contributed by atoms with Crippen molar-refractivity contribution in [2.45, 2.75) is 31.3 Å². The Hall–Kier alpha value is -0.180. The van der Waals surface area contributed by atoms with Crippen LogP contribution in [0.4, 0.5) is 0 Å². The van der Waals surface area contributed by atoms with E-state index in [4.69, 9.17) is 17.3 Å². The van der Waals surface area contributed by atoms with E-state index in [0.29, 0.717) is 23.0 Å². The lowest BCUT2D eigenvalue weighted by Gasteiger charge is -2.22. The first-order valence-electron chi connectivity index (χ1n) is 5.65. The van der Waals surface area contributed by atoms with Crippen molar-refractivity contribution < 1.29 is 0 Å². The Labute approximate surface area is 108 Å². The van der Waals surface area contributed by atoms with Gasteiger partial charge in [0, 0.05) is 22.1 Å². The highest BCUT2D eigenvalue weighted by Gasteiger charge is 2.16. The standard InChI is InChI=1S/C13H20ClNS/c1-9(2)10(3)16-13(8-15)11-5-4-6-12(14)7-11/h4-7,9-10,13H,8,15H2,1-3H3. The van der Waals surface area contributed by atoms with Crippen LogP contribution in [0.25, 0.3) is 0 Å². The third kappa shape index (κ3) is 4.00. The molecule has 90 valence electrons. The average Bonchev–Trinajstić information content (AvgIpc) is 2.25. The molecule has 1 nitrogen and oxygen atoms in total. The smallest absolute Gasteiger partial charge is 0.0422 e. The number of halogens is 1. The largest absolute Gasteiger partial charge is 0.329 e. The van der Waals surface area contributed by atoms with Gasteiger partial charge in [0.05, 0.1) is 0 Å². The average molecular weight is 258 g/mol. The van der Waals surface area contributed by atoms with Crippen LogP contribution in [0.2, 0.25) is 5.02 Å². The Balaban J connectivity index is 2.74. The van der Waals surface area contributed by atoms with Gasteiger partial charge >= 0.3 is 0 Å². The van der Waals surface area contributed by atoms with Crippen molar-refractivity contribution in [3.05, 3.63) is 34.9 Å². The van der Waals surface area contributed by atoms with Gasteiger partial charge < -0.3 is 5.73 Å². The van der Waals surface area contributed by atoms with Gasteiger partial charge in [0.15, 0.2) is 0 Å². The summed E-state index contributed by atoms with van der Waals surface area (Å²) in [6.45, 7) is 7.39. The fourth-order valence-corrected chi connectivity index (χ4v) is 2.84. The van der Waals surface area contributed by atoms with Gasteiger partial charge in [-0.25, -0.2) is 0 Å². The molecule has 1 aromatic carbocycles. The molecule has 1 aromatic rings. The highest BCUT2D eigenvalue weighted by Crippen LogP contribution is 2.34. The Kier molecular flexibility index (Phi) is 5.67. The highest BCUT2D eigenvalue weighted by atomic mass is 35.5. The molecule has 0 saturated heterocycles. The molecular weight excluding hydrogens is 238 g/mol. The number of hydrogen-bond acceptors (Lipinski definition) is 2. The van der Waals surface area contributed by atoms with E-state index in [1.54, 1.807) is 0 Å². The minimum absolute atomic E-state index is 0.344. The first-order chi connectivity index (χ1) is 7.54. The summed E-state index contributed by atoms with van der Waals surface area (Å²) in [5.74, 6) is 0.665. The number of rotatable bonds is 5. The van der Waals surface area contributed by atoms with Crippen LogP contribution in [0.3, 0.4) is 0 Å². The topological polar surface area (TPSA) is 26.0 Å². The van der Waals surface area contributed by atoms with Crippen LogP contribution in [-0.2, 0) is 0 Å². The maximum absolute atomic E-state index is 5.99. The van der Waals surface area contributed by atoms with Gasteiger partial charge in [0.2, 0.25) is 0 Å². The van der Waals surface area contributed by atoms with E-state index in [1.165, 1.54) is 5.56 Å². The molecule has 0 spiro atoms. The van der Waals surface area contributed by atoms with Gasteiger partial charge in [-0.3, -0.25) is 0 Å². The van der Waals surface area contributed by atoms with Crippen LogP contribution in [-0.4, -0.2) is 11.8 Å². The van der Waals surface area contributed by atoms with E-state index in [9.17, 15) is 0 Å². The van der Waals surface area contributed by atoms with Crippen LogP contribution >= 0.6 is 23.4 Å². The number of benzene rings is 1. The molecule has 2 unspecified atom stereocenters. The predicted molar refractivity (Wildman–Crippen MR) is 75.1 cm³/mol. The third-order valence-corrected chi connectivity index (χ3v) is 4.75. The molecule has 0 amide bonds. The lowest BCUT2D eigenvalue weighted by molar-refractivity contribution is 0.639. The molecule has 0 fully saturated rings. The lowest BCUT2D eigenvalue weighted by Crippen LogP contribution is -2.15. The van der Waals surface area contributed by atoms with E-state index in [1.807, 2.05) is 30.0 Å². The van der Waals surface area contributed by atoms with E-state index < -0.39 is 0 Å². The maximum Gasteiger partial charge on any atom is 0.0422 e. The van der Waals surface area contributed by atoms with Crippen molar-refractivity contribution in [2.24, 2.45) is 11.7 Å². The molecule has 0 aliphatic carbocycles. The van der Waals surface area contributed by atoms with E-state index >= 15 is 0 Å². The van der Waals surface area contributed by atoms with Crippen LogP contribution in [0.5, 0.6) is 0 Å². The molecule has 2 atom stereocenters. The zero-order chi connectivity index (χ0) is 12.1. The van der Waals surface area contributed by atoms with Crippen molar-refractivity contribution in [1.82, 2.24) is 0 Å². The van der Waals surface area contributed by atoms with E-state index in [0.717, 1.165) is 5.02 Å². The minimum Gasteiger partial charge on any atom is -0.329 e. The SMILES string of the molecule is CC(C)C(C)SC(CN)c1cccc(Cl)c1. The van der Waals surface area contributed by atoms with Crippen LogP contribution in [0.15, 0.2) is 24.3 Å². The van der Waals surface area contributed by atoms with Crippen molar-refractivity contribution in [3.8, 4) is 0 Å². The first kappa shape index (κ1) is 13.9. The van der Waals surface area contributed by atoms with Gasteiger partial charge in [0.1, 0.15) is 0 Å². The van der Waals surface area contributed by atoms with Gasteiger partial charge in [-0.15, -0.1) is 11.8 Å². The molecule has 3 heteroatoms. The Bertz CT molecular complexity index is 327. The third-order valence-electron chi connectivity index (χ3n) is 2.75. The number of nitrogens with two attached hydrogens (primary N) is 1. The monoisotopic (exact) mass is 257 g/mol. The zero-order valence-corrected chi connectivity index (χ0v) is 11.7. The van der Waals surface area contributed by atoms with Gasteiger partial charge in [-0.2, -0.15) is 0 Å². The molecular formula is C13H20ClNS. The molecule has 0 aliphatic rings. The molecule has 1 rings (SSSR count). The quantitative estimate of drug-likeness (QED) is 0.859. The summed E-state index contributed by atoms with van der Waals surface area (Å²) in [7, 11) is 0. The molecule has 0 radical (unpaired) electrons. The summed E-state index contributed by atoms with van der Waals surface area (Å²) in [5.41, 5.74) is 7.07. The second-order valence-corrected chi connectivity index (χ2v) is 6.39. The summed E-state index contributed by atoms with van der Waals surface area (Å²) in [6, 6.07) is 8.00. The number of thioether (sulfide) groups is 1. The van der Waals surface area contributed by atoms with Gasteiger partial charge in [-0.1, -0.05) is 44.5 Å². The molecule has 0 saturated carbocycles. The van der Waals surface area contributed by atoms with Crippen molar-refractivity contribution in [1.29, 1.82) is 0 Å². The lowest BCUT2D eigenvalue weighted by atomic mass is 10.1. The zero-order valence-electron chi connectivity index (χ0n) is 10.1. The normalized spacial score (nSPS) is 15.1. The minimum atomic E-state index is 0.344. The first-order valence-corrected chi connectivity index (χ1v) is 6.97. The fraction of sp³-hybridized carbons (Fsp3) is 0.538. The van der Waals surface area contributed by atoms with Gasteiger partial charge in [0.25, 0.3) is 0 Å². The molecule has 0 heterocycles. The summed E-state index contributed by atoms with van der Waals surface area (Å²) >= 11 is 7.93. The number of hydrogen-bond donors (Lipinski definition) is 1. The van der Waals surface area contributed by atoms with Crippen molar-refractivity contribution in [2.75, 3.05) is 6.54 Å². The molecule has 2 N–H and O–H groups in total.